The normalized spacial score (nSPS) is 16.4. The molecule has 0 amide bonds. The van der Waals surface area contributed by atoms with Crippen molar-refractivity contribution in [1.82, 2.24) is 0 Å². The fourth-order valence-electron chi connectivity index (χ4n) is 2.91. The zero-order chi connectivity index (χ0) is 18.2. The minimum atomic E-state index is -3.94. The van der Waals surface area contributed by atoms with E-state index in [1.54, 1.807) is 24.3 Å². The molecule has 0 fully saturated rings. The first-order valence-electron chi connectivity index (χ1n) is 7.46. The molecule has 2 aromatic carbocycles. The van der Waals surface area contributed by atoms with Crippen LogP contribution in [0, 0.1) is 0 Å². The number of aliphatic carboxylic acids is 1. The summed E-state index contributed by atoms with van der Waals surface area (Å²) < 4.78 is 37.6. The molecule has 0 saturated heterocycles. The molecule has 8 heteroatoms. The Balaban J connectivity index is 2.08. The molecular weight excluding hydrogens is 346 g/mol. The summed E-state index contributed by atoms with van der Waals surface area (Å²) in [6, 6.07) is 10.9. The number of para-hydroxylation sites is 1. The smallest absolute Gasteiger partial charge is 0.312 e. The number of fused-ring (bicyclic) bond motifs is 1. The van der Waals surface area contributed by atoms with Crippen molar-refractivity contribution in [3.63, 3.8) is 0 Å². The Labute approximate surface area is 145 Å². The molecule has 0 aliphatic carbocycles. The zero-order valence-corrected chi connectivity index (χ0v) is 14.5. The van der Waals surface area contributed by atoms with E-state index in [9.17, 15) is 18.3 Å². The van der Waals surface area contributed by atoms with Gasteiger partial charge in [0.25, 0.3) is 10.0 Å². The third-order valence-corrected chi connectivity index (χ3v) is 5.95. The Morgan fingerprint density at radius 1 is 1.12 bits per heavy atom. The van der Waals surface area contributed by atoms with Gasteiger partial charge in [-0.05, 0) is 23.8 Å². The maximum atomic E-state index is 13.1. The van der Waals surface area contributed by atoms with Crippen LogP contribution in [-0.4, -0.2) is 40.3 Å². The Morgan fingerprint density at radius 2 is 1.80 bits per heavy atom. The number of anilines is 1. The van der Waals surface area contributed by atoms with Crippen molar-refractivity contribution in [3.05, 3.63) is 48.0 Å². The van der Waals surface area contributed by atoms with Crippen LogP contribution < -0.4 is 13.8 Å². The molecule has 0 saturated carbocycles. The number of hydrogen-bond donors (Lipinski definition) is 1. The molecule has 7 nitrogen and oxygen atoms in total. The van der Waals surface area contributed by atoms with E-state index in [0.29, 0.717) is 17.0 Å². The topological polar surface area (TPSA) is 93.1 Å². The van der Waals surface area contributed by atoms with E-state index in [-0.39, 0.29) is 17.2 Å². The summed E-state index contributed by atoms with van der Waals surface area (Å²) in [5.41, 5.74) is 0.865. The van der Waals surface area contributed by atoms with Crippen molar-refractivity contribution in [2.24, 2.45) is 0 Å². The van der Waals surface area contributed by atoms with Crippen LogP contribution in [0.3, 0.4) is 0 Å². The van der Waals surface area contributed by atoms with Crippen molar-refractivity contribution in [2.45, 2.75) is 10.8 Å². The van der Waals surface area contributed by atoms with E-state index in [1.807, 2.05) is 0 Å². The second-order valence-electron chi connectivity index (χ2n) is 5.50. The summed E-state index contributed by atoms with van der Waals surface area (Å²) in [5.74, 6) is -1.26. The molecule has 3 rings (SSSR count). The van der Waals surface area contributed by atoms with Gasteiger partial charge in [-0.2, -0.15) is 0 Å². The quantitative estimate of drug-likeness (QED) is 0.874. The van der Waals surface area contributed by atoms with Crippen LogP contribution in [0.1, 0.15) is 11.5 Å². The van der Waals surface area contributed by atoms with Crippen LogP contribution in [0.4, 0.5) is 5.69 Å². The van der Waals surface area contributed by atoms with Crippen molar-refractivity contribution in [2.75, 3.05) is 25.1 Å². The number of nitrogens with zero attached hydrogens (tertiary/aromatic N) is 1. The van der Waals surface area contributed by atoms with Crippen LogP contribution in [0.25, 0.3) is 0 Å². The molecular formula is C17H17NO6S. The minimum absolute atomic E-state index is 0.00555. The highest BCUT2D eigenvalue weighted by molar-refractivity contribution is 7.92. The van der Waals surface area contributed by atoms with Crippen molar-refractivity contribution >= 4 is 21.7 Å². The van der Waals surface area contributed by atoms with Crippen LogP contribution in [0.5, 0.6) is 11.5 Å². The molecule has 1 atom stereocenters. The Bertz CT molecular complexity index is 924. The van der Waals surface area contributed by atoms with Gasteiger partial charge in [-0.25, -0.2) is 8.42 Å². The molecule has 0 aromatic heterocycles. The largest absolute Gasteiger partial charge is 0.493 e. The molecule has 0 radical (unpaired) electrons. The molecule has 1 unspecified atom stereocenters. The third kappa shape index (κ3) is 2.78. The second kappa shape index (κ2) is 6.29. The Morgan fingerprint density at radius 3 is 2.44 bits per heavy atom. The van der Waals surface area contributed by atoms with E-state index in [4.69, 9.17) is 9.47 Å². The van der Waals surface area contributed by atoms with Gasteiger partial charge < -0.3 is 14.6 Å². The van der Waals surface area contributed by atoms with Crippen LogP contribution in [-0.2, 0) is 14.8 Å². The first kappa shape index (κ1) is 17.1. The number of carboxylic acid groups (broad SMARTS) is 1. The average molecular weight is 363 g/mol. The number of ether oxygens (including phenoxy) is 2. The minimum Gasteiger partial charge on any atom is -0.493 e. The molecule has 1 aliphatic heterocycles. The van der Waals surface area contributed by atoms with Crippen LogP contribution in [0.15, 0.2) is 47.4 Å². The summed E-state index contributed by atoms with van der Waals surface area (Å²) in [6.45, 7) is -0.147. The first-order valence-corrected chi connectivity index (χ1v) is 8.90. The van der Waals surface area contributed by atoms with Gasteiger partial charge in [0.15, 0.2) is 11.5 Å². The van der Waals surface area contributed by atoms with E-state index in [2.05, 4.69) is 0 Å². The van der Waals surface area contributed by atoms with Gasteiger partial charge in [0.2, 0.25) is 0 Å². The fraction of sp³-hybridized carbons (Fsp3) is 0.235. The highest BCUT2D eigenvalue weighted by Gasteiger charge is 2.39. The highest BCUT2D eigenvalue weighted by atomic mass is 32.2. The van der Waals surface area contributed by atoms with Gasteiger partial charge in [-0.3, -0.25) is 9.10 Å². The number of rotatable bonds is 5. The lowest BCUT2D eigenvalue weighted by atomic mass is 10.0. The monoisotopic (exact) mass is 363 g/mol. The van der Waals surface area contributed by atoms with E-state index in [1.165, 1.54) is 32.4 Å². The van der Waals surface area contributed by atoms with E-state index >= 15 is 0 Å². The average Bonchev–Trinajstić information content (AvgIpc) is 3.01. The summed E-state index contributed by atoms with van der Waals surface area (Å²) in [6.07, 6.45) is 0. The maximum Gasteiger partial charge on any atom is 0.312 e. The maximum absolute atomic E-state index is 13.1. The second-order valence-corrected chi connectivity index (χ2v) is 7.36. The molecule has 2 aromatic rings. The van der Waals surface area contributed by atoms with Gasteiger partial charge in [0.05, 0.1) is 31.3 Å². The predicted molar refractivity (Wildman–Crippen MR) is 90.9 cm³/mol. The molecule has 0 spiro atoms. The third-order valence-electron chi connectivity index (χ3n) is 4.17. The van der Waals surface area contributed by atoms with E-state index in [0.717, 1.165) is 4.31 Å². The zero-order valence-electron chi connectivity index (χ0n) is 13.7. The number of sulfonamides is 1. The van der Waals surface area contributed by atoms with Gasteiger partial charge in [-0.15, -0.1) is 0 Å². The van der Waals surface area contributed by atoms with Gasteiger partial charge >= 0.3 is 5.97 Å². The van der Waals surface area contributed by atoms with E-state index < -0.39 is 21.9 Å². The lowest BCUT2D eigenvalue weighted by Gasteiger charge is -2.20. The molecule has 1 N–H and O–H groups in total. The molecule has 1 aliphatic rings. The summed E-state index contributed by atoms with van der Waals surface area (Å²) in [7, 11) is -1.07. The Hall–Kier alpha value is -2.74. The van der Waals surface area contributed by atoms with Crippen molar-refractivity contribution in [3.8, 4) is 11.5 Å². The summed E-state index contributed by atoms with van der Waals surface area (Å²) in [5, 5.41) is 9.41. The fourth-order valence-corrected chi connectivity index (χ4v) is 4.44. The van der Waals surface area contributed by atoms with Crippen molar-refractivity contribution in [1.29, 1.82) is 0 Å². The molecule has 132 valence electrons. The SMILES string of the molecule is COc1ccc(S(=O)(=O)N2CC(C(=O)O)c3ccccc32)cc1OC. The molecule has 1 heterocycles. The van der Waals surface area contributed by atoms with Crippen molar-refractivity contribution < 1.29 is 27.8 Å². The van der Waals surface area contributed by atoms with Gasteiger partial charge in [0.1, 0.15) is 5.92 Å². The van der Waals surface area contributed by atoms with Gasteiger partial charge in [-0.1, -0.05) is 18.2 Å². The standard InChI is InChI=1S/C17H17NO6S/c1-23-15-8-7-11(9-16(15)24-2)25(21,22)18-10-13(17(19)20)12-5-3-4-6-14(12)18/h3-9,13H,10H2,1-2H3,(H,19,20). The van der Waals surface area contributed by atoms with Crippen LogP contribution in [0.2, 0.25) is 0 Å². The molecule has 25 heavy (non-hydrogen) atoms. The Kier molecular flexibility index (Phi) is 4.30. The van der Waals surface area contributed by atoms with Gasteiger partial charge in [0, 0.05) is 6.07 Å². The lowest BCUT2D eigenvalue weighted by Crippen LogP contribution is -2.31. The number of carbonyl (C=O) groups is 1. The predicted octanol–water partition coefficient (Wildman–Crippen LogP) is 2.08. The highest BCUT2D eigenvalue weighted by Crippen LogP contribution is 2.40. The summed E-state index contributed by atoms with van der Waals surface area (Å²) >= 11 is 0. The molecule has 0 bridgehead atoms. The number of hydrogen-bond acceptors (Lipinski definition) is 5. The number of benzene rings is 2. The van der Waals surface area contributed by atoms with Crippen LogP contribution >= 0.6 is 0 Å². The first-order chi connectivity index (χ1) is 11.9. The lowest BCUT2D eigenvalue weighted by molar-refractivity contribution is -0.138. The summed E-state index contributed by atoms with van der Waals surface area (Å²) in [4.78, 5) is 11.5. The number of methoxy groups -OCH3 is 2. The number of carboxylic acids is 1.